The molecule has 0 saturated carbocycles. The molecule has 2 unspecified atom stereocenters. The van der Waals surface area contributed by atoms with Gasteiger partial charge < -0.3 is 10.4 Å². The summed E-state index contributed by atoms with van der Waals surface area (Å²) in [5.41, 5.74) is 0.185. The molecular weight excluding hydrogens is 422 g/mol. The number of anilines is 2. The summed E-state index contributed by atoms with van der Waals surface area (Å²) >= 11 is 1.54. The summed E-state index contributed by atoms with van der Waals surface area (Å²) in [4.78, 5) is 23.9. The van der Waals surface area contributed by atoms with E-state index in [1.807, 2.05) is 30.5 Å². The van der Waals surface area contributed by atoms with Gasteiger partial charge >= 0.3 is 0 Å². The molecule has 4 aromatic rings. The second-order valence-electron chi connectivity index (χ2n) is 7.14. The normalized spacial score (nSPS) is 13.3. The van der Waals surface area contributed by atoms with Crippen molar-refractivity contribution >= 4 is 22.7 Å². The van der Waals surface area contributed by atoms with Crippen LogP contribution in [0, 0.1) is 11.6 Å². The summed E-state index contributed by atoms with van der Waals surface area (Å²) in [5.74, 6) is -2.38. The Morgan fingerprint density at radius 3 is 2.42 bits per heavy atom. The van der Waals surface area contributed by atoms with Crippen LogP contribution in [0.15, 0.2) is 69.6 Å². The van der Waals surface area contributed by atoms with Crippen LogP contribution >= 0.6 is 11.3 Å². The van der Waals surface area contributed by atoms with Gasteiger partial charge in [-0.1, -0.05) is 24.3 Å². The molecule has 2 atom stereocenters. The van der Waals surface area contributed by atoms with Gasteiger partial charge in [0.15, 0.2) is 17.4 Å². The van der Waals surface area contributed by atoms with Gasteiger partial charge in [0.25, 0.3) is 10.9 Å². The fourth-order valence-electron chi connectivity index (χ4n) is 3.36. The molecule has 0 bridgehead atoms. The number of nitrogens with one attached hydrogen (secondary N) is 2. The van der Waals surface area contributed by atoms with Gasteiger partial charge in [-0.2, -0.15) is 0 Å². The molecule has 5 nitrogen and oxygen atoms in total. The highest BCUT2D eigenvalue weighted by Crippen LogP contribution is 2.31. The van der Waals surface area contributed by atoms with Gasteiger partial charge in [0, 0.05) is 16.6 Å². The van der Waals surface area contributed by atoms with Crippen molar-refractivity contribution in [3.05, 3.63) is 108 Å². The van der Waals surface area contributed by atoms with Gasteiger partial charge in [0.05, 0.1) is 6.04 Å². The molecule has 0 aliphatic heterocycles. The maximum Gasteiger partial charge on any atom is 0.271 e. The zero-order valence-electron chi connectivity index (χ0n) is 16.4. The first-order chi connectivity index (χ1) is 14.8. The lowest BCUT2D eigenvalue weighted by molar-refractivity contribution is 0.466. The Balaban J connectivity index is 1.63. The fraction of sp³-hybridized carbons (Fsp3) is 0.130. The van der Waals surface area contributed by atoms with Crippen LogP contribution in [0.2, 0.25) is 0 Å². The lowest BCUT2D eigenvalue weighted by Crippen LogP contribution is -2.32. The van der Waals surface area contributed by atoms with Crippen LogP contribution in [0.1, 0.15) is 35.0 Å². The first-order valence-electron chi connectivity index (χ1n) is 9.49. The maximum atomic E-state index is 13.7. The molecule has 3 aromatic carbocycles. The first kappa shape index (κ1) is 20.9. The second-order valence-corrected chi connectivity index (χ2v) is 8.12. The number of thiophene rings is 1. The number of benzene rings is 2. The summed E-state index contributed by atoms with van der Waals surface area (Å²) in [6.07, 6.45) is 0. The van der Waals surface area contributed by atoms with E-state index in [0.717, 1.165) is 16.5 Å². The van der Waals surface area contributed by atoms with Crippen molar-refractivity contribution in [3.8, 4) is 5.75 Å². The van der Waals surface area contributed by atoms with E-state index in [0.29, 0.717) is 11.3 Å². The molecule has 1 heterocycles. The minimum atomic E-state index is -0.905. The van der Waals surface area contributed by atoms with Crippen molar-refractivity contribution in [1.82, 2.24) is 5.32 Å². The first-order valence-corrected chi connectivity index (χ1v) is 10.4. The van der Waals surface area contributed by atoms with Crippen LogP contribution in [0.5, 0.6) is 5.75 Å². The Bertz CT molecular complexity index is 1300. The molecule has 0 aliphatic rings. The van der Waals surface area contributed by atoms with Gasteiger partial charge in [0.1, 0.15) is 5.69 Å². The molecular formula is C23H18F2N2O3S. The minimum Gasteiger partial charge on any atom is -0.502 e. The average molecular weight is 440 g/mol. The lowest BCUT2D eigenvalue weighted by atomic mass is 10.0. The summed E-state index contributed by atoms with van der Waals surface area (Å²) in [7, 11) is 0. The van der Waals surface area contributed by atoms with Crippen molar-refractivity contribution in [2.45, 2.75) is 19.0 Å². The molecule has 0 aliphatic carbocycles. The van der Waals surface area contributed by atoms with Gasteiger partial charge in [-0.05, 0) is 53.8 Å². The van der Waals surface area contributed by atoms with E-state index in [2.05, 4.69) is 10.6 Å². The van der Waals surface area contributed by atoms with E-state index in [4.69, 9.17) is 0 Å². The number of aromatic hydroxyl groups is 1. The van der Waals surface area contributed by atoms with E-state index < -0.39 is 28.2 Å². The predicted octanol–water partition coefficient (Wildman–Crippen LogP) is 4.51. The van der Waals surface area contributed by atoms with Crippen molar-refractivity contribution in [1.29, 1.82) is 0 Å². The van der Waals surface area contributed by atoms with Gasteiger partial charge in [-0.15, -0.1) is 11.3 Å². The SMILES string of the molecule is CC(NC(c1cccc(Nc2c(O)c(=O)c2=O)c1)c1cccs1)c1ccc(F)c(F)c1. The molecule has 3 N–H and O–H groups in total. The van der Waals surface area contributed by atoms with Gasteiger partial charge in [-0.25, -0.2) is 8.78 Å². The summed E-state index contributed by atoms with van der Waals surface area (Å²) in [5, 5.41) is 17.8. The Labute approximate surface area is 180 Å². The topological polar surface area (TPSA) is 78.4 Å². The molecule has 0 spiro atoms. The predicted molar refractivity (Wildman–Crippen MR) is 117 cm³/mol. The van der Waals surface area contributed by atoms with E-state index in [-0.39, 0.29) is 17.8 Å². The van der Waals surface area contributed by atoms with E-state index in [1.54, 1.807) is 29.5 Å². The zero-order valence-corrected chi connectivity index (χ0v) is 17.2. The van der Waals surface area contributed by atoms with E-state index >= 15 is 0 Å². The van der Waals surface area contributed by atoms with Crippen LogP contribution in [-0.4, -0.2) is 5.11 Å². The van der Waals surface area contributed by atoms with E-state index in [9.17, 15) is 23.5 Å². The van der Waals surface area contributed by atoms with Crippen LogP contribution in [0.3, 0.4) is 0 Å². The Kier molecular flexibility index (Phi) is 5.67. The fourth-order valence-corrected chi connectivity index (χ4v) is 4.17. The molecule has 158 valence electrons. The molecule has 31 heavy (non-hydrogen) atoms. The van der Waals surface area contributed by atoms with Gasteiger partial charge in [-0.3, -0.25) is 14.9 Å². The highest BCUT2D eigenvalue weighted by Gasteiger charge is 2.22. The second kappa shape index (κ2) is 8.41. The third-order valence-corrected chi connectivity index (χ3v) is 6.00. The largest absolute Gasteiger partial charge is 0.502 e. The van der Waals surface area contributed by atoms with Crippen LogP contribution < -0.4 is 21.5 Å². The highest BCUT2D eigenvalue weighted by atomic mass is 32.1. The Morgan fingerprint density at radius 1 is 0.935 bits per heavy atom. The number of halogens is 2. The van der Waals surface area contributed by atoms with Crippen molar-refractivity contribution in [3.63, 3.8) is 0 Å². The Hall–Kier alpha value is -3.36. The zero-order chi connectivity index (χ0) is 22.1. The van der Waals surface area contributed by atoms with Crippen molar-refractivity contribution in [2.24, 2.45) is 0 Å². The average Bonchev–Trinajstić information content (AvgIpc) is 3.31. The maximum absolute atomic E-state index is 13.7. The summed E-state index contributed by atoms with van der Waals surface area (Å²) in [6.45, 7) is 1.86. The number of rotatable bonds is 7. The smallest absolute Gasteiger partial charge is 0.271 e. The van der Waals surface area contributed by atoms with Gasteiger partial charge in [0.2, 0.25) is 0 Å². The molecule has 4 rings (SSSR count). The van der Waals surface area contributed by atoms with Crippen LogP contribution in [0.25, 0.3) is 0 Å². The number of hydrogen-bond donors (Lipinski definition) is 3. The molecule has 0 radical (unpaired) electrons. The van der Waals surface area contributed by atoms with Crippen LogP contribution in [0.4, 0.5) is 20.2 Å². The molecule has 0 amide bonds. The molecule has 0 fully saturated rings. The third-order valence-electron chi connectivity index (χ3n) is 5.06. The minimum absolute atomic E-state index is 0.127. The quantitative estimate of drug-likeness (QED) is 0.369. The standard InChI is InChI=1S/C23H18F2N2O3S/c1-12(13-7-8-16(24)17(25)11-13)26-19(18-6-3-9-31-18)14-4-2-5-15(10-14)27-20-21(28)23(30)22(20)29/h2-12,19,26-28H,1H3. The monoisotopic (exact) mass is 440 g/mol. The van der Waals surface area contributed by atoms with Crippen molar-refractivity contribution < 1.29 is 13.9 Å². The van der Waals surface area contributed by atoms with Crippen LogP contribution in [-0.2, 0) is 0 Å². The summed E-state index contributed by atoms with van der Waals surface area (Å²) in [6, 6.07) is 14.3. The highest BCUT2D eigenvalue weighted by molar-refractivity contribution is 7.10. The molecule has 8 heteroatoms. The third kappa shape index (κ3) is 4.12. The molecule has 1 aromatic heterocycles. The number of hydrogen-bond acceptors (Lipinski definition) is 6. The Morgan fingerprint density at radius 2 is 1.74 bits per heavy atom. The summed E-state index contributed by atoms with van der Waals surface area (Å²) < 4.78 is 27.0. The molecule has 0 saturated heterocycles. The van der Waals surface area contributed by atoms with Crippen molar-refractivity contribution in [2.75, 3.05) is 5.32 Å². The van der Waals surface area contributed by atoms with E-state index in [1.165, 1.54) is 12.1 Å². The lowest BCUT2D eigenvalue weighted by Gasteiger charge is -2.24.